The molecule has 0 saturated heterocycles. The molecule has 0 spiro atoms. The van der Waals surface area contributed by atoms with Gasteiger partial charge in [-0.3, -0.25) is 25.0 Å². The predicted molar refractivity (Wildman–Crippen MR) is 84.0 cm³/mol. The first-order chi connectivity index (χ1) is 10.3. The third kappa shape index (κ3) is 2.04. The van der Waals surface area contributed by atoms with Gasteiger partial charge < -0.3 is 0 Å². The van der Waals surface area contributed by atoms with Crippen molar-refractivity contribution in [1.82, 2.24) is 0 Å². The van der Waals surface area contributed by atoms with Crippen LogP contribution < -0.4 is 0 Å². The molecule has 22 heavy (non-hydrogen) atoms. The molecular weight excluding hydrogens is 424 g/mol. The standard InChI is InChI=1S/C13H4Br2N2O5/c14-5-1-8-12(11(2-5)17(21)22)6-4-10(16(19)20)9(15)3-7(6)13(8)18/h1-4H. The van der Waals surface area contributed by atoms with Gasteiger partial charge in [-0.05, 0) is 28.1 Å². The van der Waals surface area contributed by atoms with Gasteiger partial charge in [0, 0.05) is 33.3 Å². The van der Waals surface area contributed by atoms with Crippen LogP contribution in [0.3, 0.4) is 0 Å². The maximum absolute atomic E-state index is 12.4. The Labute approximate surface area is 139 Å². The zero-order valence-electron chi connectivity index (χ0n) is 10.5. The van der Waals surface area contributed by atoms with Crippen LogP contribution in [0.15, 0.2) is 33.2 Å². The summed E-state index contributed by atoms with van der Waals surface area (Å²) in [6.07, 6.45) is 0. The molecule has 0 fully saturated rings. The van der Waals surface area contributed by atoms with Crippen LogP contribution in [0.2, 0.25) is 0 Å². The molecule has 2 aromatic carbocycles. The van der Waals surface area contributed by atoms with Crippen molar-refractivity contribution in [3.8, 4) is 11.1 Å². The summed E-state index contributed by atoms with van der Waals surface area (Å²) in [4.78, 5) is 33.5. The summed E-state index contributed by atoms with van der Waals surface area (Å²) in [5, 5.41) is 22.3. The molecule has 0 amide bonds. The number of rotatable bonds is 2. The van der Waals surface area contributed by atoms with Crippen molar-refractivity contribution >= 4 is 49.0 Å². The van der Waals surface area contributed by atoms with E-state index in [1.807, 2.05) is 0 Å². The zero-order valence-corrected chi connectivity index (χ0v) is 13.7. The Morgan fingerprint density at radius 3 is 2.05 bits per heavy atom. The van der Waals surface area contributed by atoms with E-state index in [2.05, 4.69) is 31.9 Å². The molecule has 0 radical (unpaired) electrons. The number of benzene rings is 2. The largest absolute Gasteiger partial charge is 0.289 e. The van der Waals surface area contributed by atoms with Crippen LogP contribution in [0, 0.1) is 20.2 Å². The Morgan fingerprint density at radius 1 is 0.818 bits per heavy atom. The molecule has 1 aliphatic rings. The molecule has 0 aromatic heterocycles. The third-order valence-corrected chi connectivity index (χ3v) is 4.41. The summed E-state index contributed by atoms with van der Waals surface area (Å²) in [5.74, 6) is -0.398. The number of halogens is 2. The molecule has 9 heteroatoms. The van der Waals surface area contributed by atoms with Crippen molar-refractivity contribution in [2.24, 2.45) is 0 Å². The number of hydrogen-bond donors (Lipinski definition) is 0. The number of carbonyl (C=O) groups is 1. The van der Waals surface area contributed by atoms with E-state index in [4.69, 9.17) is 0 Å². The molecule has 2 aromatic rings. The van der Waals surface area contributed by atoms with Crippen molar-refractivity contribution < 1.29 is 14.6 Å². The van der Waals surface area contributed by atoms with Crippen molar-refractivity contribution in [3.63, 3.8) is 0 Å². The summed E-state index contributed by atoms with van der Waals surface area (Å²) >= 11 is 6.18. The minimum Gasteiger partial charge on any atom is -0.289 e. The van der Waals surface area contributed by atoms with Gasteiger partial charge in [0.25, 0.3) is 11.4 Å². The second-order valence-corrected chi connectivity index (χ2v) is 6.31. The number of hydrogen-bond acceptors (Lipinski definition) is 5. The van der Waals surface area contributed by atoms with Gasteiger partial charge in [0.05, 0.1) is 19.9 Å². The summed E-state index contributed by atoms with van der Waals surface area (Å²) in [6, 6.07) is 5.26. The van der Waals surface area contributed by atoms with Crippen molar-refractivity contribution in [3.05, 3.63) is 64.6 Å². The van der Waals surface area contributed by atoms with Gasteiger partial charge in [0.2, 0.25) is 0 Å². The molecule has 0 aliphatic heterocycles. The van der Waals surface area contributed by atoms with Gasteiger partial charge in [-0.1, -0.05) is 15.9 Å². The van der Waals surface area contributed by atoms with Crippen molar-refractivity contribution in [1.29, 1.82) is 0 Å². The van der Waals surface area contributed by atoms with E-state index in [0.717, 1.165) is 0 Å². The van der Waals surface area contributed by atoms with Crippen LogP contribution in [-0.4, -0.2) is 15.6 Å². The highest BCUT2D eigenvalue weighted by Crippen LogP contribution is 2.46. The van der Waals surface area contributed by atoms with Crippen molar-refractivity contribution in [2.75, 3.05) is 0 Å². The van der Waals surface area contributed by atoms with Crippen LogP contribution in [0.1, 0.15) is 15.9 Å². The lowest BCUT2D eigenvalue weighted by atomic mass is 10.0. The molecule has 1 aliphatic carbocycles. The molecule has 7 nitrogen and oxygen atoms in total. The van der Waals surface area contributed by atoms with Crippen LogP contribution in [-0.2, 0) is 0 Å². The normalized spacial score (nSPS) is 12.0. The maximum atomic E-state index is 12.4. The smallest absolute Gasteiger partial charge is 0.284 e. The van der Waals surface area contributed by atoms with Crippen molar-refractivity contribution in [2.45, 2.75) is 0 Å². The second kappa shape index (κ2) is 4.96. The van der Waals surface area contributed by atoms with Gasteiger partial charge >= 0.3 is 0 Å². The molecular formula is C13H4Br2N2O5. The van der Waals surface area contributed by atoms with E-state index in [-0.39, 0.29) is 38.1 Å². The van der Waals surface area contributed by atoms with Gasteiger partial charge in [-0.15, -0.1) is 0 Å². The molecule has 0 saturated carbocycles. The van der Waals surface area contributed by atoms with Crippen LogP contribution in [0.5, 0.6) is 0 Å². The summed E-state index contributed by atoms with van der Waals surface area (Å²) < 4.78 is 0.548. The Kier molecular flexibility index (Phi) is 3.33. The van der Waals surface area contributed by atoms with E-state index in [0.29, 0.717) is 4.47 Å². The fourth-order valence-corrected chi connectivity index (χ4v) is 3.37. The highest BCUT2D eigenvalue weighted by molar-refractivity contribution is 9.10. The monoisotopic (exact) mass is 426 g/mol. The quantitative estimate of drug-likeness (QED) is 0.449. The van der Waals surface area contributed by atoms with Crippen LogP contribution in [0.4, 0.5) is 11.4 Å². The molecule has 110 valence electrons. The minimum atomic E-state index is -0.614. The average Bonchev–Trinajstić information content (AvgIpc) is 2.70. The number of ketones is 1. The molecule has 0 atom stereocenters. The highest BCUT2D eigenvalue weighted by Gasteiger charge is 2.36. The number of nitro benzene ring substituents is 2. The van der Waals surface area contributed by atoms with E-state index >= 15 is 0 Å². The second-order valence-electron chi connectivity index (χ2n) is 4.54. The Balaban J connectivity index is 2.41. The Hall–Kier alpha value is -2.13. The topological polar surface area (TPSA) is 103 Å². The van der Waals surface area contributed by atoms with Crippen LogP contribution in [0.25, 0.3) is 11.1 Å². The summed E-state index contributed by atoms with van der Waals surface area (Å²) in [5.41, 5.74) is 0.153. The lowest BCUT2D eigenvalue weighted by Gasteiger charge is -2.03. The molecule has 3 rings (SSSR count). The fourth-order valence-electron chi connectivity index (χ4n) is 2.44. The number of nitrogens with zero attached hydrogens (tertiary/aromatic N) is 2. The first-order valence-corrected chi connectivity index (χ1v) is 7.40. The highest BCUT2D eigenvalue weighted by atomic mass is 79.9. The van der Waals surface area contributed by atoms with Gasteiger partial charge in [-0.2, -0.15) is 0 Å². The third-order valence-electron chi connectivity index (χ3n) is 3.32. The molecule has 0 N–H and O–H groups in total. The zero-order chi connectivity index (χ0) is 16.2. The lowest BCUT2D eigenvalue weighted by Crippen LogP contribution is -1.97. The molecule has 0 unspecified atom stereocenters. The number of carbonyl (C=O) groups excluding carboxylic acids is 1. The predicted octanol–water partition coefficient (Wildman–Crippen LogP) is 4.24. The first kappa shape index (κ1) is 14.8. The van der Waals surface area contributed by atoms with Gasteiger partial charge in [0.1, 0.15) is 0 Å². The molecule has 0 heterocycles. The van der Waals surface area contributed by atoms with E-state index in [1.165, 1.54) is 24.3 Å². The first-order valence-electron chi connectivity index (χ1n) is 5.82. The van der Waals surface area contributed by atoms with E-state index in [9.17, 15) is 25.0 Å². The van der Waals surface area contributed by atoms with E-state index in [1.54, 1.807) is 0 Å². The molecule has 0 bridgehead atoms. The summed E-state index contributed by atoms with van der Waals surface area (Å²) in [6.45, 7) is 0. The number of nitro groups is 2. The SMILES string of the molecule is O=C1c2cc(Br)c([N+](=O)[O-])cc2-c2c1cc(Br)cc2[N+](=O)[O-]. The minimum absolute atomic E-state index is 0.115. The Bertz CT molecular complexity index is 894. The van der Waals surface area contributed by atoms with Gasteiger partial charge in [-0.25, -0.2) is 0 Å². The maximum Gasteiger partial charge on any atom is 0.284 e. The lowest BCUT2D eigenvalue weighted by molar-refractivity contribution is -0.385. The van der Waals surface area contributed by atoms with Crippen LogP contribution >= 0.6 is 31.9 Å². The summed E-state index contributed by atoms with van der Waals surface area (Å²) in [7, 11) is 0. The fraction of sp³-hybridized carbons (Fsp3) is 0. The van der Waals surface area contributed by atoms with Gasteiger partial charge in [0.15, 0.2) is 5.78 Å². The van der Waals surface area contributed by atoms with E-state index < -0.39 is 15.6 Å². The Morgan fingerprint density at radius 2 is 1.45 bits per heavy atom. The average molecular weight is 428 g/mol. The number of fused-ring (bicyclic) bond motifs is 3.